The molecule has 0 radical (unpaired) electrons. The first-order valence-electron chi connectivity index (χ1n) is 5.73. The fraction of sp³-hybridized carbons (Fsp3) is 0.385. The zero-order chi connectivity index (χ0) is 14.6. The zero-order valence-corrected chi connectivity index (χ0v) is 12.0. The van der Waals surface area contributed by atoms with E-state index in [1.165, 1.54) is 11.8 Å². The number of primary amides is 1. The molecule has 0 fully saturated rings. The van der Waals surface area contributed by atoms with Gasteiger partial charge in [0, 0.05) is 10.6 Å². The topological polar surface area (TPSA) is 95.4 Å². The van der Waals surface area contributed by atoms with Crippen LogP contribution in [0.25, 0.3) is 0 Å². The molecular formula is C13H18N2O3S. The van der Waals surface area contributed by atoms with E-state index in [1.54, 1.807) is 18.2 Å². The van der Waals surface area contributed by atoms with Crippen LogP contribution in [-0.2, 0) is 9.53 Å². The monoisotopic (exact) mass is 282 g/mol. The third kappa shape index (κ3) is 5.21. The van der Waals surface area contributed by atoms with E-state index in [2.05, 4.69) is 0 Å². The van der Waals surface area contributed by atoms with Crippen LogP contribution in [0.5, 0.6) is 0 Å². The molecule has 0 saturated carbocycles. The number of amides is 1. The van der Waals surface area contributed by atoms with Gasteiger partial charge in [0.15, 0.2) is 0 Å². The molecule has 0 heterocycles. The molecule has 1 amide bonds. The maximum absolute atomic E-state index is 11.6. The molecule has 1 rings (SSSR count). The van der Waals surface area contributed by atoms with Gasteiger partial charge in [0.05, 0.1) is 11.3 Å². The second-order valence-corrected chi connectivity index (χ2v) is 6.04. The highest BCUT2D eigenvalue weighted by Gasteiger charge is 2.16. The second-order valence-electron chi connectivity index (χ2n) is 4.99. The molecule has 0 saturated heterocycles. The molecule has 1 aromatic rings. The van der Waals surface area contributed by atoms with Gasteiger partial charge in [-0.1, -0.05) is 0 Å². The van der Waals surface area contributed by atoms with Crippen molar-refractivity contribution in [3.05, 3.63) is 23.8 Å². The zero-order valence-electron chi connectivity index (χ0n) is 11.2. The van der Waals surface area contributed by atoms with Crippen LogP contribution in [0.2, 0.25) is 0 Å². The minimum atomic E-state index is -0.586. The third-order valence-electron chi connectivity index (χ3n) is 2.07. The van der Waals surface area contributed by atoms with Crippen molar-refractivity contribution >= 4 is 29.3 Å². The number of anilines is 1. The molecule has 0 aromatic heterocycles. The number of benzene rings is 1. The fourth-order valence-electron chi connectivity index (χ4n) is 1.35. The van der Waals surface area contributed by atoms with E-state index < -0.39 is 11.5 Å². The molecule has 0 spiro atoms. The summed E-state index contributed by atoms with van der Waals surface area (Å²) >= 11 is 1.27. The van der Waals surface area contributed by atoms with E-state index in [0.29, 0.717) is 5.69 Å². The standard InChI is InChI=1S/C13H18N2O3S/c1-13(2,3)18-11(16)7-19-8-4-5-10(14)9(6-8)12(15)17/h4-6H,7,14H2,1-3H3,(H2,15,17). The lowest BCUT2D eigenvalue weighted by Gasteiger charge is -2.19. The van der Waals surface area contributed by atoms with Crippen molar-refractivity contribution in [2.24, 2.45) is 5.73 Å². The van der Waals surface area contributed by atoms with Crippen molar-refractivity contribution in [2.45, 2.75) is 31.3 Å². The van der Waals surface area contributed by atoms with E-state index in [4.69, 9.17) is 16.2 Å². The van der Waals surface area contributed by atoms with Gasteiger partial charge >= 0.3 is 5.97 Å². The van der Waals surface area contributed by atoms with Crippen LogP contribution in [0.3, 0.4) is 0 Å². The summed E-state index contributed by atoms with van der Waals surface area (Å²) in [6.45, 7) is 5.43. The first-order valence-corrected chi connectivity index (χ1v) is 6.71. The van der Waals surface area contributed by atoms with Gasteiger partial charge < -0.3 is 16.2 Å². The molecule has 6 heteroatoms. The average molecular weight is 282 g/mol. The molecule has 104 valence electrons. The number of hydrogen-bond donors (Lipinski definition) is 2. The van der Waals surface area contributed by atoms with Crippen LogP contribution in [0.15, 0.2) is 23.1 Å². The van der Waals surface area contributed by atoms with Crippen molar-refractivity contribution in [1.29, 1.82) is 0 Å². The Labute approximate surface area is 116 Å². The number of carbonyl (C=O) groups is 2. The quantitative estimate of drug-likeness (QED) is 0.499. The highest BCUT2D eigenvalue weighted by Crippen LogP contribution is 2.23. The molecule has 4 N–H and O–H groups in total. The number of nitrogens with two attached hydrogens (primary N) is 2. The Morgan fingerprint density at radius 3 is 2.47 bits per heavy atom. The molecule has 0 bridgehead atoms. The number of thioether (sulfide) groups is 1. The summed E-state index contributed by atoms with van der Waals surface area (Å²) < 4.78 is 5.18. The molecule has 0 aliphatic rings. The Balaban J connectivity index is 2.66. The molecule has 0 unspecified atom stereocenters. The van der Waals surface area contributed by atoms with E-state index in [-0.39, 0.29) is 17.3 Å². The Hall–Kier alpha value is -1.69. The van der Waals surface area contributed by atoms with Gasteiger partial charge in [-0.2, -0.15) is 0 Å². The second kappa shape index (κ2) is 5.97. The lowest BCUT2D eigenvalue weighted by Crippen LogP contribution is -2.24. The molecule has 0 aliphatic carbocycles. The Kier molecular flexibility index (Phi) is 4.83. The summed E-state index contributed by atoms with van der Waals surface area (Å²) in [5.41, 5.74) is 10.9. The summed E-state index contributed by atoms with van der Waals surface area (Å²) in [4.78, 5) is 23.4. The van der Waals surface area contributed by atoms with Crippen LogP contribution in [0, 0.1) is 0 Å². The fourth-order valence-corrected chi connectivity index (χ4v) is 2.06. The maximum Gasteiger partial charge on any atom is 0.316 e. The lowest BCUT2D eigenvalue weighted by molar-refractivity contribution is -0.151. The minimum absolute atomic E-state index is 0.166. The largest absolute Gasteiger partial charge is 0.459 e. The van der Waals surface area contributed by atoms with Gasteiger partial charge in [-0.15, -0.1) is 11.8 Å². The van der Waals surface area contributed by atoms with E-state index in [1.807, 2.05) is 20.8 Å². The number of hydrogen-bond acceptors (Lipinski definition) is 5. The summed E-state index contributed by atoms with van der Waals surface area (Å²) in [7, 11) is 0. The lowest BCUT2D eigenvalue weighted by atomic mass is 10.2. The Morgan fingerprint density at radius 2 is 1.95 bits per heavy atom. The maximum atomic E-state index is 11.6. The number of carbonyl (C=O) groups excluding carboxylic acids is 2. The van der Waals surface area contributed by atoms with Gasteiger partial charge in [0.1, 0.15) is 5.60 Å². The highest BCUT2D eigenvalue weighted by atomic mass is 32.2. The number of nitrogen functional groups attached to an aromatic ring is 1. The molecule has 0 atom stereocenters. The van der Waals surface area contributed by atoms with Crippen molar-refractivity contribution in [2.75, 3.05) is 11.5 Å². The van der Waals surface area contributed by atoms with Gasteiger partial charge in [-0.3, -0.25) is 9.59 Å². The number of ether oxygens (including phenoxy) is 1. The predicted octanol–water partition coefficient (Wildman–Crippen LogP) is 1.80. The van der Waals surface area contributed by atoms with Gasteiger partial charge in [0.2, 0.25) is 0 Å². The van der Waals surface area contributed by atoms with E-state index >= 15 is 0 Å². The van der Waals surface area contributed by atoms with Crippen molar-refractivity contribution in [3.63, 3.8) is 0 Å². The molecular weight excluding hydrogens is 264 g/mol. The Bertz CT molecular complexity index is 495. The highest BCUT2D eigenvalue weighted by molar-refractivity contribution is 8.00. The van der Waals surface area contributed by atoms with Crippen LogP contribution >= 0.6 is 11.8 Å². The van der Waals surface area contributed by atoms with Crippen LogP contribution in [0.1, 0.15) is 31.1 Å². The van der Waals surface area contributed by atoms with E-state index in [0.717, 1.165) is 4.90 Å². The van der Waals surface area contributed by atoms with Crippen molar-refractivity contribution < 1.29 is 14.3 Å². The molecule has 19 heavy (non-hydrogen) atoms. The number of esters is 1. The molecule has 1 aromatic carbocycles. The number of rotatable bonds is 4. The minimum Gasteiger partial charge on any atom is -0.459 e. The van der Waals surface area contributed by atoms with Crippen LogP contribution < -0.4 is 11.5 Å². The Morgan fingerprint density at radius 1 is 1.32 bits per heavy atom. The average Bonchev–Trinajstić information content (AvgIpc) is 2.25. The summed E-state index contributed by atoms with van der Waals surface area (Å²) in [5, 5.41) is 0. The first-order chi connectivity index (χ1) is 8.69. The van der Waals surface area contributed by atoms with Gasteiger partial charge in [-0.25, -0.2) is 0 Å². The normalized spacial score (nSPS) is 11.1. The first kappa shape index (κ1) is 15.4. The summed E-state index contributed by atoms with van der Waals surface area (Å²) in [6, 6.07) is 4.90. The smallest absolute Gasteiger partial charge is 0.316 e. The van der Waals surface area contributed by atoms with Crippen LogP contribution in [0.4, 0.5) is 5.69 Å². The van der Waals surface area contributed by atoms with Crippen LogP contribution in [-0.4, -0.2) is 23.2 Å². The predicted molar refractivity (Wildman–Crippen MR) is 75.9 cm³/mol. The molecule has 5 nitrogen and oxygen atoms in total. The van der Waals surface area contributed by atoms with Gasteiger partial charge in [-0.05, 0) is 39.0 Å². The molecule has 0 aliphatic heterocycles. The third-order valence-corrected chi connectivity index (χ3v) is 3.03. The SMILES string of the molecule is CC(C)(C)OC(=O)CSc1ccc(N)c(C(N)=O)c1. The van der Waals surface area contributed by atoms with Crippen molar-refractivity contribution in [1.82, 2.24) is 0 Å². The van der Waals surface area contributed by atoms with Crippen molar-refractivity contribution in [3.8, 4) is 0 Å². The summed E-state index contributed by atoms with van der Waals surface area (Å²) in [6.07, 6.45) is 0. The van der Waals surface area contributed by atoms with Gasteiger partial charge in [0.25, 0.3) is 5.91 Å². The van der Waals surface area contributed by atoms with E-state index in [9.17, 15) is 9.59 Å². The summed E-state index contributed by atoms with van der Waals surface area (Å²) in [5.74, 6) is -0.730.